The van der Waals surface area contributed by atoms with Crippen LogP contribution < -0.4 is 19.9 Å². The zero-order valence-corrected chi connectivity index (χ0v) is 18.2. The number of rotatable bonds is 6. The second-order valence-corrected chi connectivity index (χ2v) is 7.48. The van der Waals surface area contributed by atoms with Gasteiger partial charge in [-0.15, -0.1) is 0 Å². The van der Waals surface area contributed by atoms with Gasteiger partial charge < -0.3 is 19.3 Å². The van der Waals surface area contributed by atoms with E-state index in [1.165, 1.54) is 10.7 Å². The number of amides is 1. The van der Waals surface area contributed by atoms with Crippen LogP contribution in [0.4, 0.5) is 5.69 Å². The van der Waals surface area contributed by atoms with E-state index in [9.17, 15) is 9.59 Å². The Labute approximate surface area is 186 Å². The molecule has 3 aromatic rings. The monoisotopic (exact) mass is 434 g/mol. The van der Waals surface area contributed by atoms with E-state index in [0.29, 0.717) is 35.8 Å². The summed E-state index contributed by atoms with van der Waals surface area (Å²) in [6, 6.07) is 18.6. The standard InChI is InChI=1S/C24H26N4O4/c1-31-19-8-9-20(22(16-19)32-2)21-10-11-23(29)28(25-21)17-24(30)27-14-12-26(13-15-27)18-6-4-3-5-7-18/h3-11,16H,12-15,17H2,1-2H3. The molecule has 32 heavy (non-hydrogen) atoms. The third-order valence-corrected chi connectivity index (χ3v) is 5.59. The van der Waals surface area contributed by atoms with E-state index in [2.05, 4.69) is 22.1 Å². The summed E-state index contributed by atoms with van der Waals surface area (Å²) in [6.07, 6.45) is 0. The van der Waals surface area contributed by atoms with Gasteiger partial charge in [0.15, 0.2) is 0 Å². The van der Waals surface area contributed by atoms with Crippen molar-refractivity contribution in [3.63, 3.8) is 0 Å². The minimum atomic E-state index is -0.322. The second-order valence-electron chi connectivity index (χ2n) is 7.48. The Balaban J connectivity index is 1.47. The van der Waals surface area contributed by atoms with Crippen molar-refractivity contribution in [2.24, 2.45) is 0 Å². The Morgan fingerprint density at radius 3 is 2.38 bits per heavy atom. The first-order valence-electron chi connectivity index (χ1n) is 10.5. The number of para-hydroxylation sites is 1. The molecule has 0 saturated carbocycles. The predicted octanol–water partition coefficient (Wildman–Crippen LogP) is 2.28. The van der Waals surface area contributed by atoms with E-state index in [1.54, 1.807) is 37.3 Å². The second kappa shape index (κ2) is 9.55. The Bertz CT molecular complexity index is 1140. The number of hydrogen-bond acceptors (Lipinski definition) is 6. The van der Waals surface area contributed by atoms with Crippen molar-refractivity contribution in [1.82, 2.24) is 14.7 Å². The van der Waals surface area contributed by atoms with Gasteiger partial charge in [-0.25, -0.2) is 4.68 Å². The molecule has 1 saturated heterocycles. The number of methoxy groups -OCH3 is 2. The molecule has 1 aliphatic heterocycles. The van der Waals surface area contributed by atoms with E-state index >= 15 is 0 Å². The zero-order chi connectivity index (χ0) is 22.5. The fourth-order valence-corrected chi connectivity index (χ4v) is 3.80. The van der Waals surface area contributed by atoms with Crippen LogP contribution in [-0.4, -0.2) is 61.0 Å². The van der Waals surface area contributed by atoms with Crippen LogP contribution in [0.2, 0.25) is 0 Å². The molecule has 0 unspecified atom stereocenters. The third-order valence-electron chi connectivity index (χ3n) is 5.59. The number of aromatic nitrogens is 2. The Morgan fingerprint density at radius 2 is 1.69 bits per heavy atom. The third kappa shape index (κ3) is 4.59. The number of benzene rings is 2. The fourth-order valence-electron chi connectivity index (χ4n) is 3.80. The number of ether oxygens (including phenoxy) is 2. The first kappa shape index (κ1) is 21.4. The summed E-state index contributed by atoms with van der Waals surface area (Å²) in [6.45, 7) is 2.61. The maximum atomic E-state index is 12.9. The fraction of sp³-hybridized carbons (Fsp3) is 0.292. The minimum Gasteiger partial charge on any atom is -0.497 e. The van der Waals surface area contributed by atoms with Crippen molar-refractivity contribution in [3.05, 3.63) is 71.0 Å². The number of carbonyl (C=O) groups is 1. The van der Waals surface area contributed by atoms with Crippen LogP contribution in [0.15, 0.2) is 65.5 Å². The molecule has 166 valence electrons. The van der Waals surface area contributed by atoms with Gasteiger partial charge in [0.25, 0.3) is 5.56 Å². The number of nitrogens with zero attached hydrogens (tertiary/aromatic N) is 4. The molecule has 0 bridgehead atoms. The van der Waals surface area contributed by atoms with E-state index < -0.39 is 0 Å². The summed E-state index contributed by atoms with van der Waals surface area (Å²) in [7, 11) is 3.14. The van der Waals surface area contributed by atoms with E-state index in [0.717, 1.165) is 18.8 Å². The highest BCUT2D eigenvalue weighted by Crippen LogP contribution is 2.31. The molecule has 1 amide bonds. The van der Waals surface area contributed by atoms with E-state index in [1.807, 2.05) is 24.3 Å². The van der Waals surface area contributed by atoms with Crippen LogP contribution in [0.3, 0.4) is 0 Å². The van der Waals surface area contributed by atoms with Crippen molar-refractivity contribution in [3.8, 4) is 22.8 Å². The molecule has 4 rings (SSSR count). The van der Waals surface area contributed by atoms with E-state index in [4.69, 9.17) is 9.47 Å². The molecule has 0 aliphatic carbocycles. The van der Waals surface area contributed by atoms with Crippen LogP contribution in [0.5, 0.6) is 11.5 Å². The number of carbonyl (C=O) groups excluding carboxylic acids is 1. The molecule has 1 aliphatic rings. The van der Waals surface area contributed by atoms with Gasteiger partial charge in [0.05, 0.1) is 19.9 Å². The molecule has 2 heterocycles. The number of piperazine rings is 1. The summed E-state index contributed by atoms with van der Waals surface area (Å²) < 4.78 is 11.9. The van der Waals surface area contributed by atoms with Gasteiger partial charge in [0, 0.05) is 49.6 Å². The molecule has 1 fully saturated rings. The lowest BCUT2D eigenvalue weighted by molar-refractivity contribution is -0.132. The highest BCUT2D eigenvalue weighted by Gasteiger charge is 2.22. The summed E-state index contributed by atoms with van der Waals surface area (Å²) in [5.41, 5.74) is 2.09. The van der Waals surface area contributed by atoms with Crippen LogP contribution in [0.25, 0.3) is 11.3 Å². The minimum absolute atomic E-state index is 0.101. The molecule has 8 heteroatoms. The molecule has 1 aromatic heterocycles. The highest BCUT2D eigenvalue weighted by molar-refractivity contribution is 5.76. The largest absolute Gasteiger partial charge is 0.497 e. The maximum absolute atomic E-state index is 12.9. The number of anilines is 1. The molecule has 0 N–H and O–H groups in total. The molecule has 2 aromatic carbocycles. The molecular formula is C24H26N4O4. The molecule has 0 atom stereocenters. The first-order chi connectivity index (χ1) is 15.6. The predicted molar refractivity (Wildman–Crippen MR) is 122 cm³/mol. The van der Waals surface area contributed by atoms with Gasteiger partial charge in [-0.05, 0) is 30.3 Å². The first-order valence-corrected chi connectivity index (χ1v) is 10.5. The topological polar surface area (TPSA) is 76.9 Å². The quantitative estimate of drug-likeness (QED) is 0.593. The van der Waals surface area contributed by atoms with Gasteiger partial charge in [0.2, 0.25) is 5.91 Å². The van der Waals surface area contributed by atoms with Crippen molar-refractivity contribution in [1.29, 1.82) is 0 Å². The molecule has 8 nitrogen and oxygen atoms in total. The highest BCUT2D eigenvalue weighted by atomic mass is 16.5. The van der Waals surface area contributed by atoms with Gasteiger partial charge in [0.1, 0.15) is 18.0 Å². The molecule has 0 radical (unpaired) electrons. The zero-order valence-electron chi connectivity index (χ0n) is 18.2. The summed E-state index contributed by atoms with van der Waals surface area (Å²) in [5, 5.41) is 4.43. The van der Waals surface area contributed by atoms with Crippen molar-refractivity contribution in [2.75, 3.05) is 45.3 Å². The van der Waals surface area contributed by atoms with Gasteiger partial charge in [-0.3, -0.25) is 9.59 Å². The van der Waals surface area contributed by atoms with Gasteiger partial charge in [-0.1, -0.05) is 18.2 Å². The number of hydrogen-bond donors (Lipinski definition) is 0. The van der Waals surface area contributed by atoms with Crippen LogP contribution in [-0.2, 0) is 11.3 Å². The average molecular weight is 434 g/mol. The van der Waals surface area contributed by atoms with Gasteiger partial charge >= 0.3 is 0 Å². The van der Waals surface area contributed by atoms with Crippen LogP contribution in [0.1, 0.15) is 0 Å². The Morgan fingerprint density at radius 1 is 0.938 bits per heavy atom. The average Bonchev–Trinajstić information content (AvgIpc) is 2.85. The lowest BCUT2D eigenvalue weighted by atomic mass is 10.1. The van der Waals surface area contributed by atoms with Crippen LogP contribution in [0, 0.1) is 0 Å². The lowest BCUT2D eigenvalue weighted by Crippen LogP contribution is -2.50. The van der Waals surface area contributed by atoms with Crippen LogP contribution >= 0.6 is 0 Å². The van der Waals surface area contributed by atoms with E-state index in [-0.39, 0.29) is 18.0 Å². The summed E-state index contributed by atoms with van der Waals surface area (Å²) in [4.78, 5) is 29.3. The molecular weight excluding hydrogens is 408 g/mol. The lowest BCUT2D eigenvalue weighted by Gasteiger charge is -2.36. The Kier molecular flexibility index (Phi) is 6.39. The van der Waals surface area contributed by atoms with Crippen molar-refractivity contribution >= 4 is 11.6 Å². The maximum Gasteiger partial charge on any atom is 0.267 e. The summed E-state index contributed by atoms with van der Waals surface area (Å²) in [5.74, 6) is 1.11. The smallest absolute Gasteiger partial charge is 0.267 e. The normalized spacial score (nSPS) is 13.7. The van der Waals surface area contributed by atoms with Gasteiger partial charge in [-0.2, -0.15) is 5.10 Å². The van der Waals surface area contributed by atoms with Crippen molar-refractivity contribution in [2.45, 2.75) is 6.54 Å². The SMILES string of the molecule is COc1ccc(-c2ccc(=O)n(CC(=O)N3CCN(c4ccccc4)CC3)n2)c(OC)c1. The summed E-state index contributed by atoms with van der Waals surface area (Å²) >= 11 is 0. The molecule has 0 spiro atoms. The van der Waals surface area contributed by atoms with Crippen molar-refractivity contribution < 1.29 is 14.3 Å². The Hall–Kier alpha value is -3.81.